The first-order chi connectivity index (χ1) is 9.43. The Morgan fingerprint density at radius 3 is 2.29 bits per heavy atom. The lowest BCUT2D eigenvalue weighted by atomic mass is 10.1. The van der Waals surface area contributed by atoms with Crippen molar-refractivity contribution in [2.45, 2.75) is 25.6 Å². The molecule has 0 unspecified atom stereocenters. The van der Waals surface area contributed by atoms with Gasteiger partial charge in [-0.3, -0.25) is 0 Å². The minimum Gasteiger partial charge on any atom is -0.480 e. The molecule has 0 saturated carbocycles. The molecule has 1 rings (SSSR count). The highest BCUT2D eigenvalue weighted by atomic mass is 79.9. The molecule has 3 N–H and O–H groups in total. The molecule has 5 nitrogen and oxygen atoms in total. The standard InChI is InChI=1S/C12H12BrF3N2O3/c1-11(2,9(19)20)18-10(21)17-8-4-3-6(13)5-7(8)12(14,15)16/h3-5H,1-2H3,(H,19,20)(H2,17,18,21). The van der Waals surface area contributed by atoms with E-state index in [2.05, 4.69) is 21.2 Å². The average molecular weight is 369 g/mol. The lowest BCUT2D eigenvalue weighted by Gasteiger charge is -2.22. The molecule has 0 bridgehead atoms. The van der Waals surface area contributed by atoms with Gasteiger partial charge >= 0.3 is 18.2 Å². The number of urea groups is 1. The zero-order valence-electron chi connectivity index (χ0n) is 11.0. The van der Waals surface area contributed by atoms with Gasteiger partial charge in [-0.05, 0) is 32.0 Å². The molecule has 1 aromatic rings. The second-order valence-electron chi connectivity index (χ2n) is 4.70. The fourth-order valence-corrected chi connectivity index (χ4v) is 1.71. The van der Waals surface area contributed by atoms with Crippen LogP contribution in [0.2, 0.25) is 0 Å². The zero-order chi connectivity index (χ0) is 16.4. The molecule has 0 aliphatic rings. The van der Waals surface area contributed by atoms with Crippen molar-refractivity contribution >= 4 is 33.6 Å². The summed E-state index contributed by atoms with van der Waals surface area (Å²) < 4.78 is 38.8. The lowest BCUT2D eigenvalue weighted by Crippen LogP contribution is -2.51. The summed E-state index contributed by atoms with van der Waals surface area (Å²) in [6.45, 7) is 2.42. The summed E-state index contributed by atoms with van der Waals surface area (Å²) in [5, 5.41) is 12.9. The molecule has 0 aliphatic heterocycles. The molecule has 0 heterocycles. The van der Waals surface area contributed by atoms with E-state index < -0.39 is 35.0 Å². The summed E-state index contributed by atoms with van der Waals surface area (Å²) in [6.07, 6.45) is -4.66. The van der Waals surface area contributed by atoms with Gasteiger partial charge in [0.1, 0.15) is 5.54 Å². The van der Waals surface area contributed by atoms with Crippen molar-refractivity contribution in [3.05, 3.63) is 28.2 Å². The monoisotopic (exact) mass is 368 g/mol. The predicted octanol–water partition coefficient (Wildman–Crippen LogP) is 3.45. The van der Waals surface area contributed by atoms with Crippen LogP contribution < -0.4 is 10.6 Å². The highest BCUT2D eigenvalue weighted by Crippen LogP contribution is 2.36. The van der Waals surface area contributed by atoms with Gasteiger partial charge in [0.2, 0.25) is 0 Å². The van der Waals surface area contributed by atoms with Crippen LogP contribution >= 0.6 is 15.9 Å². The maximum absolute atomic E-state index is 12.9. The Kier molecular flexibility index (Phi) is 4.87. The third-order valence-electron chi connectivity index (χ3n) is 2.50. The van der Waals surface area contributed by atoms with Gasteiger partial charge in [0.25, 0.3) is 0 Å². The van der Waals surface area contributed by atoms with Crippen LogP contribution in [0.3, 0.4) is 0 Å². The maximum Gasteiger partial charge on any atom is 0.418 e. The molecule has 2 amide bonds. The third-order valence-corrected chi connectivity index (χ3v) is 2.99. The number of carboxylic acids is 1. The number of benzene rings is 1. The Hall–Kier alpha value is -1.77. The number of hydrogen-bond acceptors (Lipinski definition) is 2. The molecule has 0 aromatic heterocycles. The SMILES string of the molecule is CC(C)(NC(=O)Nc1ccc(Br)cc1C(F)(F)F)C(=O)O. The van der Waals surface area contributed by atoms with E-state index >= 15 is 0 Å². The number of carboxylic acid groups (broad SMARTS) is 1. The number of anilines is 1. The number of amides is 2. The van der Waals surface area contributed by atoms with E-state index in [4.69, 9.17) is 5.11 Å². The average Bonchev–Trinajstić information content (AvgIpc) is 2.29. The molecule has 116 valence electrons. The summed E-state index contributed by atoms with van der Waals surface area (Å²) >= 11 is 2.92. The van der Waals surface area contributed by atoms with E-state index in [0.717, 1.165) is 12.1 Å². The Bertz CT molecular complexity index is 573. The quantitative estimate of drug-likeness (QED) is 0.764. The predicted molar refractivity (Wildman–Crippen MR) is 73.0 cm³/mol. The summed E-state index contributed by atoms with van der Waals surface area (Å²) in [6, 6.07) is 2.17. The van der Waals surface area contributed by atoms with E-state index in [9.17, 15) is 22.8 Å². The highest BCUT2D eigenvalue weighted by Gasteiger charge is 2.35. The largest absolute Gasteiger partial charge is 0.480 e. The van der Waals surface area contributed by atoms with Crippen LogP contribution in [0.4, 0.5) is 23.7 Å². The van der Waals surface area contributed by atoms with Gasteiger partial charge in [-0.25, -0.2) is 9.59 Å². The number of carbonyl (C=O) groups excluding carboxylic acids is 1. The zero-order valence-corrected chi connectivity index (χ0v) is 12.6. The summed E-state index contributed by atoms with van der Waals surface area (Å²) in [5.74, 6) is -1.32. The van der Waals surface area contributed by atoms with Crippen LogP contribution in [-0.2, 0) is 11.0 Å². The van der Waals surface area contributed by atoms with Crippen molar-refractivity contribution in [3.63, 3.8) is 0 Å². The van der Waals surface area contributed by atoms with Crippen molar-refractivity contribution in [3.8, 4) is 0 Å². The first-order valence-electron chi connectivity index (χ1n) is 5.63. The maximum atomic E-state index is 12.9. The first-order valence-corrected chi connectivity index (χ1v) is 6.42. The van der Waals surface area contributed by atoms with Crippen LogP contribution in [0, 0.1) is 0 Å². The van der Waals surface area contributed by atoms with Crippen LogP contribution in [0.5, 0.6) is 0 Å². The van der Waals surface area contributed by atoms with Gasteiger partial charge < -0.3 is 15.7 Å². The van der Waals surface area contributed by atoms with Gasteiger partial charge in [-0.15, -0.1) is 0 Å². The minimum absolute atomic E-state index is 0.201. The Balaban J connectivity index is 2.99. The normalized spacial score (nSPS) is 11.9. The second-order valence-corrected chi connectivity index (χ2v) is 5.61. The van der Waals surface area contributed by atoms with Crippen molar-refractivity contribution < 1.29 is 27.9 Å². The molecule has 0 atom stereocenters. The summed E-state index contributed by atoms with van der Waals surface area (Å²) in [7, 11) is 0. The molecule has 0 aliphatic carbocycles. The lowest BCUT2D eigenvalue weighted by molar-refractivity contribution is -0.143. The molecule has 1 aromatic carbocycles. The first kappa shape index (κ1) is 17.3. The smallest absolute Gasteiger partial charge is 0.418 e. The van der Waals surface area contributed by atoms with E-state index in [1.54, 1.807) is 0 Å². The van der Waals surface area contributed by atoms with Gasteiger partial charge in [-0.2, -0.15) is 13.2 Å². The van der Waals surface area contributed by atoms with E-state index in [0.29, 0.717) is 0 Å². The number of carbonyl (C=O) groups is 2. The highest BCUT2D eigenvalue weighted by molar-refractivity contribution is 9.10. The number of hydrogen-bond donors (Lipinski definition) is 3. The Morgan fingerprint density at radius 2 is 1.81 bits per heavy atom. The molecule has 0 saturated heterocycles. The van der Waals surface area contributed by atoms with Crippen LogP contribution in [0.1, 0.15) is 19.4 Å². The number of aliphatic carboxylic acids is 1. The molecule has 0 fully saturated rings. The number of nitrogens with one attached hydrogen (secondary N) is 2. The third kappa shape index (κ3) is 4.62. The van der Waals surface area contributed by atoms with E-state index in [1.165, 1.54) is 19.9 Å². The van der Waals surface area contributed by atoms with Gasteiger partial charge in [0, 0.05) is 4.47 Å². The van der Waals surface area contributed by atoms with Crippen molar-refractivity contribution in [2.75, 3.05) is 5.32 Å². The van der Waals surface area contributed by atoms with Crippen LogP contribution in [0.15, 0.2) is 22.7 Å². The van der Waals surface area contributed by atoms with Crippen LogP contribution in [-0.4, -0.2) is 22.6 Å². The second kappa shape index (κ2) is 5.92. The molecule has 9 heteroatoms. The molecular weight excluding hydrogens is 357 g/mol. The van der Waals surface area contributed by atoms with Crippen molar-refractivity contribution in [1.29, 1.82) is 0 Å². The molecule has 21 heavy (non-hydrogen) atoms. The minimum atomic E-state index is -4.66. The number of halogens is 4. The topological polar surface area (TPSA) is 78.4 Å². The van der Waals surface area contributed by atoms with E-state index in [-0.39, 0.29) is 4.47 Å². The van der Waals surface area contributed by atoms with E-state index in [1.807, 2.05) is 5.32 Å². The van der Waals surface area contributed by atoms with Crippen molar-refractivity contribution in [1.82, 2.24) is 5.32 Å². The van der Waals surface area contributed by atoms with Gasteiger partial charge in [0.15, 0.2) is 0 Å². The summed E-state index contributed by atoms with van der Waals surface area (Å²) in [4.78, 5) is 22.5. The van der Waals surface area contributed by atoms with Gasteiger partial charge in [0.05, 0.1) is 11.3 Å². The molecular formula is C12H12BrF3N2O3. The fourth-order valence-electron chi connectivity index (χ4n) is 1.35. The van der Waals surface area contributed by atoms with Gasteiger partial charge in [-0.1, -0.05) is 15.9 Å². The molecule has 0 spiro atoms. The number of alkyl halides is 3. The summed E-state index contributed by atoms with van der Waals surface area (Å²) in [5.41, 5.74) is -3.12. The Labute approximate surface area is 126 Å². The van der Waals surface area contributed by atoms with Crippen LogP contribution in [0.25, 0.3) is 0 Å². The molecule has 0 radical (unpaired) electrons. The Morgan fingerprint density at radius 1 is 1.24 bits per heavy atom. The van der Waals surface area contributed by atoms with Crippen molar-refractivity contribution in [2.24, 2.45) is 0 Å². The fraction of sp³-hybridized carbons (Fsp3) is 0.333. The number of rotatable bonds is 3.